The molecule has 5 nitrogen and oxygen atoms in total. The van der Waals surface area contributed by atoms with Crippen LogP contribution in [0, 0.1) is 13.8 Å². The first-order valence-corrected chi connectivity index (χ1v) is 6.23. The van der Waals surface area contributed by atoms with Gasteiger partial charge in [0.2, 0.25) is 0 Å². The number of nitrogens with zero attached hydrogens (tertiary/aromatic N) is 2. The monoisotopic (exact) mass is 268 g/mol. The number of aryl methyl sites for hydroxylation is 2. The van der Waals surface area contributed by atoms with Crippen LogP contribution in [0.1, 0.15) is 16.8 Å². The summed E-state index contributed by atoms with van der Waals surface area (Å²) in [5.74, 6) is 0. The fourth-order valence-corrected chi connectivity index (χ4v) is 1.71. The average molecular weight is 268 g/mol. The number of carbonyl (C=O) groups is 1. The predicted octanol–water partition coefficient (Wildman–Crippen LogP) is 2.85. The SMILES string of the molecule is Cc1ccc(NC(=O)N/N=C/c2ccccn2)c(C)c1. The van der Waals surface area contributed by atoms with Gasteiger partial charge in [0.1, 0.15) is 0 Å². The van der Waals surface area contributed by atoms with Crippen molar-refractivity contribution in [3.8, 4) is 0 Å². The minimum absolute atomic E-state index is 0.385. The zero-order chi connectivity index (χ0) is 14.4. The molecule has 0 aliphatic carbocycles. The molecule has 0 saturated heterocycles. The molecule has 2 amide bonds. The first-order chi connectivity index (χ1) is 9.65. The standard InChI is InChI=1S/C15H16N4O/c1-11-6-7-14(12(2)9-11)18-15(20)19-17-10-13-5-3-4-8-16-13/h3-10H,1-2H3,(H2,18,19,20)/b17-10+. The third kappa shape index (κ3) is 3.91. The summed E-state index contributed by atoms with van der Waals surface area (Å²) in [7, 11) is 0. The molecule has 1 heterocycles. The van der Waals surface area contributed by atoms with Crippen LogP contribution in [0.15, 0.2) is 47.7 Å². The van der Waals surface area contributed by atoms with Crippen molar-refractivity contribution in [3.63, 3.8) is 0 Å². The summed E-state index contributed by atoms with van der Waals surface area (Å²) in [6, 6.07) is 10.9. The molecule has 102 valence electrons. The van der Waals surface area contributed by atoms with E-state index in [4.69, 9.17) is 0 Å². The maximum Gasteiger partial charge on any atom is 0.339 e. The Morgan fingerprint density at radius 1 is 1.25 bits per heavy atom. The van der Waals surface area contributed by atoms with Crippen LogP contribution in [0.5, 0.6) is 0 Å². The fourth-order valence-electron chi connectivity index (χ4n) is 1.71. The van der Waals surface area contributed by atoms with Gasteiger partial charge in [0.05, 0.1) is 11.9 Å². The van der Waals surface area contributed by atoms with E-state index in [9.17, 15) is 4.79 Å². The smallest absolute Gasteiger partial charge is 0.306 e. The van der Waals surface area contributed by atoms with E-state index in [-0.39, 0.29) is 6.03 Å². The van der Waals surface area contributed by atoms with E-state index in [0.717, 1.165) is 16.8 Å². The van der Waals surface area contributed by atoms with Crippen LogP contribution in [0.4, 0.5) is 10.5 Å². The number of benzene rings is 1. The number of hydrogen-bond acceptors (Lipinski definition) is 3. The Bertz CT molecular complexity index is 623. The maximum absolute atomic E-state index is 11.7. The van der Waals surface area contributed by atoms with E-state index in [1.807, 2.05) is 44.2 Å². The van der Waals surface area contributed by atoms with Crippen molar-refractivity contribution in [2.24, 2.45) is 5.10 Å². The highest BCUT2D eigenvalue weighted by molar-refractivity contribution is 5.90. The molecule has 0 aliphatic rings. The molecule has 0 radical (unpaired) electrons. The molecule has 2 aromatic rings. The molecule has 0 aliphatic heterocycles. The van der Waals surface area contributed by atoms with Gasteiger partial charge in [-0.15, -0.1) is 0 Å². The van der Waals surface area contributed by atoms with Gasteiger partial charge in [0, 0.05) is 11.9 Å². The number of amides is 2. The van der Waals surface area contributed by atoms with Crippen molar-refractivity contribution < 1.29 is 4.79 Å². The molecular formula is C15H16N4O. The van der Waals surface area contributed by atoms with Gasteiger partial charge in [-0.25, -0.2) is 10.2 Å². The van der Waals surface area contributed by atoms with E-state index in [1.165, 1.54) is 6.21 Å². The topological polar surface area (TPSA) is 66.4 Å². The summed E-state index contributed by atoms with van der Waals surface area (Å²) in [6.07, 6.45) is 3.15. The van der Waals surface area contributed by atoms with Crippen LogP contribution >= 0.6 is 0 Å². The Morgan fingerprint density at radius 3 is 2.80 bits per heavy atom. The number of aromatic nitrogens is 1. The summed E-state index contributed by atoms with van der Waals surface area (Å²) >= 11 is 0. The summed E-state index contributed by atoms with van der Waals surface area (Å²) < 4.78 is 0. The van der Waals surface area contributed by atoms with Crippen LogP contribution in [0.25, 0.3) is 0 Å². The number of urea groups is 1. The zero-order valence-corrected chi connectivity index (χ0v) is 11.4. The van der Waals surface area contributed by atoms with Gasteiger partial charge in [-0.05, 0) is 37.6 Å². The van der Waals surface area contributed by atoms with E-state index in [2.05, 4.69) is 20.8 Å². The molecule has 0 bridgehead atoms. The first-order valence-electron chi connectivity index (χ1n) is 6.23. The molecule has 0 atom stereocenters. The first kappa shape index (κ1) is 13.7. The molecule has 1 aromatic heterocycles. The number of carbonyl (C=O) groups excluding carboxylic acids is 1. The Kier molecular flexibility index (Phi) is 4.44. The second kappa shape index (κ2) is 6.47. The van der Waals surface area contributed by atoms with E-state index in [0.29, 0.717) is 5.69 Å². The Hall–Kier alpha value is -2.69. The molecule has 1 aromatic carbocycles. The summed E-state index contributed by atoms with van der Waals surface area (Å²) in [6.45, 7) is 3.95. The van der Waals surface area contributed by atoms with Crippen LogP contribution in [0.3, 0.4) is 0 Å². The maximum atomic E-state index is 11.7. The number of nitrogens with one attached hydrogen (secondary N) is 2. The molecule has 5 heteroatoms. The summed E-state index contributed by atoms with van der Waals surface area (Å²) in [4.78, 5) is 15.7. The second-order valence-electron chi connectivity index (χ2n) is 4.40. The van der Waals surface area contributed by atoms with Gasteiger partial charge in [-0.2, -0.15) is 5.10 Å². The molecule has 20 heavy (non-hydrogen) atoms. The van der Waals surface area contributed by atoms with Crippen molar-refractivity contribution >= 4 is 17.9 Å². The Morgan fingerprint density at radius 2 is 2.10 bits per heavy atom. The second-order valence-corrected chi connectivity index (χ2v) is 4.40. The number of rotatable bonds is 3. The lowest BCUT2D eigenvalue weighted by Gasteiger charge is -2.08. The predicted molar refractivity (Wildman–Crippen MR) is 79.9 cm³/mol. The van der Waals surface area contributed by atoms with Crippen LogP contribution < -0.4 is 10.7 Å². The molecular weight excluding hydrogens is 252 g/mol. The molecule has 0 unspecified atom stereocenters. The highest BCUT2D eigenvalue weighted by Crippen LogP contribution is 2.15. The lowest BCUT2D eigenvalue weighted by atomic mass is 10.1. The molecule has 0 spiro atoms. The van der Waals surface area contributed by atoms with Crippen molar-refractivity contribution in [2.75, 3.05) is 5.32 Å². The normalized spacial score (nSPS) is 10.5. The van der Waals surface area contributed by atoms with Crippen molar-refractivity contribution in [3.05, 3.63) is 59.4 Å². The quantitative estimate of drug-likeness (QED) is 0.664. The lowest BCUT2D eigenvalue weighted by molar-refractivity contribution is 0.252. The van der Waals surface area contributed by atoms with Crippen molar-refractivity contribution in [1.29, 1.82) is 0 Å². The summed E-state index contributed by atoms with van der Waals surface area (Å²) in [5, 5.41) is 6.57. The van der Waals surface area contributed by atoms with Crippen molar-refractivity contribution in [1.82, 2.24) is 10.4 Å². The highest BCUT2D eigenvalue weighted by atomic mass is 16.2. The Labute approximate surface area is 117 Å². The zero-order valence-electron chi connectivity index (χ0n) is 11.4. The molecule has 2 N–H and O–H groups in total. The molecule has 0 fully saturated rings. The minimum atomic E-state index is -0.385. The fraction of sp³-hybridized carbons (Fsp3) is 0.133. The molecule has 0 saturated carbocycles. The third-order valence-corrected chi connectivity index (χ3v) is 2.68. The van der Waals surface area contributed by atoms with Crippen molar-refractivity contribution in [2.45, 2.75) is 13.8 Å². The van der Waals surface area contributed by atoms with Gasteiger partial charge in [0.25, 0.3) is 0 Å². The van der Waals surface area contributed by atoms with Crippen LogP contribution in [-0.4, -0.2) is 17.2 Å². The minimum Gasteiger partial charge on any atom is -0.306 e. The molecule has 2 rings (SSSR count). The Balaban J connectivity index is 1.91. The van der Waals surface area contributed by atoms with Gasteiger partial charge in [-0.3, -0.25) is 4.98 Å². The largest absolute Gasteiger partial charge is 0.339 e. The van der Waals surface area contributed by atoms with Gasteiger partial charge in [-0.1, -0.05) is 23.8 Å². The summed E-state index contributed by atoms with van der Waals surface area (Å²) in [5.41, 5.74) is 6.01. The lowest BCUT2D eigenvalue weighted by Crippen LogP contribution is -2.24. The van der Waals surface area contributed by atoms with E-state index in [1.54, 1.807) is 12.3 Å². The number of hydrazone groups is 1. The van der Waals surface area contributed by atoms with Crippen LogP contribution in [0.2, 0.25) is 0 Å². The van der Waals surface area contributed by atoms with E-state index < -0.39 is 0 Å². The third-order valence-electron chi connectivity index (χ3n) is 2.68. The number of anilines is 1. The highest BCUT2D eigenvalue weighted by Gasteiger charge is 2.02. The number of hydrogen-bond donors (Lipinski definition) is 2. The van der Waals surface area contributed by atoms with Gasteiger partial charge in [0.15, 0.2) is 0 Å². The average Bonchev–Trinajstić information content (AvgIpc) is 2.43. The van der Waals surface area contributed by atoms with Gasteiger partial charge >= 0.3 is 6.03 Å². The van der Waals surface area contributed by atoms with Gasteiger partial charge < -0.3 is 5.32 Å². The van der Waals surface area contributed by atoms with Crippen LogP contribution in [-0.2, 0) is 0 Å². The number of pyridine rings is 1. The van der Waals surface area contributed by atoms with E-state index >= 15 is 0 Å².